The minimum absolute atomic E-state index is 0.174. The van der Waals surface area contributed by atoms with Crippen molar-refractivity contribution < 1.29 is 14.2 Å². The molecular formula is C21H30O3. The van der Waals surface area contributed by atoms with Crippen LogP contribution in [0.15, 0.2) is 24.3 Å². The predicted octanol–water partition coefficient (Wildman–Crippen LogP) is 4.54. The monoisotopic (exact) mass is 330 g/mol. The van der Waals surface area contributed by atoms with Crippen molar-refractivity contribution in [2.24, 2.45) is 17.8 Å². The van der Waals surface area contributed by atoms with Crippen LogP contribution in [-0.2, 0) is 14.9 Å². The summed E-state index contributed by atoms with van der Waals surface area (Å²) in [5.41, 5.74) is 2.03. The van der Waals surface area contributed by atoms with Gasteiger partial charge in [-0.2, -0.15) is 0 Å². The van der Waals surface area contributed by atoms with Gasteiger partial charge in [0.2, 0.25) is 0 Å². The quantitative estimate of drug-likeness (QED) is 0.542. The summed E-state index contributed by atoms with van der Waals surface area (Å²) < 4.78 is 16.3. The van der Waals surface area contributed by atoms with E-state index in [9.17, 15) is 0 Å². The molecule has 4 aliphatic carbocycles. The number of ether oxygens (including phenoxy) is 3. The van der Waals surface area contributed by atoms with Gasteiger partial charge in [0.1, 0.15) is 12.4 Å². The molecule has 1 unspecified atom stereocenters. The molecule has 3 heteroatoms. The molecule has 0 amide bonds. The number of methoxy groups -OCH3 is 1. The first-order valence-electron chi connectivity index (χ1n) is 9.54. The Morgan fingerprint density at radius 2 is 1.54 bits per heavy atom. The van der Waals surface area contributed by atoms with Crippen LogP contribution in [0.5, 0.6) is 5.75 Å². The summed E-state index contributed by atoms with van der Waals surface area (Å²) in [6.45, 7) is 3.00. The van der Waals surface area contributed by atoms with E-state index in [0.717, 1.165) is 23.5 Å². The smallest absolute Gasteiger partial charge is 0.154 e. The molecule has 0 aromatic heterocycles. The standard InChI is InChI=1S/C21H30O3/c1-15(22-2)23-7-8-24-20-5-3-19(4-6-20)21-12-16-9-17(13-21)11-18(10-16)14-21/h3-6,15-18H,7-14H2,1-2H3. The molecule has 0 spiro atoms. The average Bonchev–Trinajstić information content (AvgIpc) is 2.58. The van der Waals surface area contributed by atoms with Crippen molar-refractivity contribution in [1.82, 2.24) is 0 Å². The maximum Gasteiger partial charge on any atom is 0.154 e. The highest BCUT2D eigenvalue weighted by Crippen LogP contribution is 2.60. The van der Waals surface area contributed by atoms with E-state index in [0.29, 0.717) is 18.6 Å². The van der Waals surface area contributed by atoms with Crippen LogP contribution < -0.4 is 4.74 Å². The predicted molar refractivity (Wildman–Crippen MR) is 94.2 cm³/mol. The SMILES string of the molecule is COC(C)OCCOc1ccc(C23CC4CC(CC(C4)C2)C3)cc1. The Balaban J connectivity index is 1.36. The molecule has 4 bridgehead atoms. The molecule has 3 nitrogen and oxygen atoms in total. The van der Waals surface area contributed by atoms with E-state index in [-0.39, 0.29) is 6.29 Å². The molecule has 1 atom stereocenters. The van der Waals surface area contributed by atoms with Gasteiger partial charge in [-0.05, 0) is 86.3 Å². The molecule has 0 saturated heterocycles. The fourth-order valence-electron chi connectivity index (χ4n) is 5.81. The average molecular weight is 330 g/mol. The van der Waals surface area contributed by atoms with Gasteiger partial charge in [-0.25, -0.2) is 0 Å². The van der Waals surface area contributed by atoms with Crippen molar-refractivity contribution in [3.8, 4) is 5.75 Å². The van der Waals surface area contributed by atoms with Gasteiger partial charge in [0.15, 0.2) is 6.29 Å². The minimum atomic E-state index is -0.174. The summed E-state index contributed by atoms with van der Waals surface area (Å²) in [4.78, 5) is 0. The molecule has 0 aliphatic heterocycles. The van der Waals surface area contributed by atoms with Crippen LogP contribution in [0.4, 0.5) is 0 Å². The van der Waals surface area contributed by atoms with Crippen molar-refractivity contribution in [2.75, 3.05) is 20.3 Å². The Morgan fingerprint density at radius 3 is 2.08 bits per heavy atom. The van der Waals surface area contributed by atoms with Gasteiger partial charge in [-0.15, -0.1) is 0 Å². The minimum Gasteiger partial charge on any atom is -0.491 e. The maximum absolute atomic E-state index is 5.79. The Kier molecular flexibility index (Phi) is 4.57. The summed E-state index contributed by atoms with van der Waals surface area (Å²) in [7, 11) is 1.65. The molecule has 0 radical (unpaired) electrons. The second-order valence-electron chi connectivity index (χ2n) is 8.24. The lowest BCUT2D eigenvalue weighted by Gasteiger charge is -2.57. The zero-order chi connectivity index (χ0) is 16.6. The molecule has 4 fully saturated rings. The van der Waals surface area contributed by atoms with Crippen LogP contribution in [0.3, 0.4) is 0 Å². The van der Waals surface area contributed by atoms with E-state index < -0.39 is 0 Å². The number of hydrogen-bond donors (Lipinski definition) is 0. The van der Waals surface area contributed by atoms with E-state index in [4.69, 9.17) is 14.2 Å². The number of benzene rings is 1. The molecule has 5 rings (SSSR count). The molecule has 1 aromatic rings. The van der Waals surface area contributed by atoms with Gasteiger partial charge < -0.3 is 14.2 Å². The highest BCUT2D eigenvalue weighted by atomic mass is 16.7. The van der Waals surface area contributed by atoms with Crippen LogP contribution in [0.25, 0.3) is 0 Å². The van der Waals surface area contributed by atoms with Crippen LogP contribution >= 0.6 is 0 Å². The van der Waals surface area contributed by atoms with Crippen molar-refractivity contribution in [2.45, 2.75) is 57.2 Å². The highest BCUT2D eigenvalue weighted by molar-refractivity contribution is 5.34. The fourth-order valence-corrected chi connectivity index (χ4v) is 5.81. The van der Waals surface area contributed by atoms with Gasteiger partial charge in [0.05, 0.1) is 6.61 Å². The largest absolute Gasteiger partial charge is 0.491 e. The molecule has 0 N–H and O–H groups in total. The second-order valence-corrected chi connectivity index (χ2v) is 8.24. The molecule has 4 aliphatic rings. The van der Waals surface area contributed by atoms with Crippen LogP contribution in [0.1, 0.15) is 51.0 Å². The molecular weight excluding hydrogens is 300 g/mol. The normalized spacial score (nSPS) is 35.2. The van der Waals surface area contributed by atoms with Crippen LogP contribution in [0, 0.1) is 17.8 Å². The van der Waals surface area contributed by atoms with Gasteiger partial charge in [-0.1, -0.05) is 12.1 Å². The topological polar surface area (TPSA) is 27.7 Å². The Hall–Kier alpha value is -1.06. The van der Waals surface area contributed by atoms with Crippen molar-refractivity contribution in [3.05, 3.63) is 29.8 Å². The third-order valence-corrected chi connectivity index (χ3v) is 6.54. The summed E-state index contributed by atoms with van der Waals surface area (Å²) in [6.07, 6.45) is 8.58. The van der Waals surface area contributed by atoms with E-state index in [1.807, 2.05) is 6.92 Å². The van der Waals surface area contributed by atoms with Gasteiger partial charge >= 0.3 is 0 Å². The van der Waals surface area contributed by atoms with Crippen molar-refractivity contribution in [3.63, 3.8) is 0 Å². The summed E-state index contributed by atoms with van der Waals surface area (Å²) in [5, 5.41) is 0. The molecule has 1 aromatic carbocycles. The Morgan fingerprint density at radius 1 is 0.958 bits per heavy atom. The third-order valence-electron chi connectivity index (χ3n) is 6.54. The lowest BCUT2D eigenvalue weighted by molar-refractivity contribution is -0.115. The zero-order valence-corrected chi connectivity index (χ0v) is 15.0. The van der Waals surface area contributed by atoms with Crippen molar-refractivity contribution >= 4 is 0 Å². The zero-order valence-electron chi connectivity index (χ0n) is 15.0. The first-order chi connectivity index (χ1) is 11.7. The highest BCUT2D eigenvalue weighted by Gasteiger charge is 2.51. The third kappa shape index (κ3) is 3.21. The lowest BCUT2D eigenvalue weighted by atomic mass is 9.48. The first-order valence-corrected chi connectivity index (χ1v) is 9.54. The van der Waals surface area contributed by atoms with Gasteiger partial charge in [0.25, 0.3) is 0 Å². The molecule has 132 valence electrons. The van der Waals surface area contributed by atoms with E-state index in [1.54, 1.807) is 12.7 Å². The van der Waals surface area contributed by atoms with Gasteiger partial charge in [-0.3, -0.25) is 0 Å². The number of hydrogen-bond acceptors (Lipinski definition) is 3. The maximum atomic E-state index is 5.79. The lowest BCUT2D eigenvalue weighted by Crippen LogP contribution is -2.48. The molecule has 24 heavy (non-hydrogen) atoms. The Labute approximate surface area is 145 Å². The summed E-state index contributed by atoms with van der Waals surface area (Å²) >= 11 is 0. The van der Waals surface area contributed by atoms with Crippen LogP contribution in [-0.4, -0.2) is 26.6 Å². The summed E-state index contributed by atoms with van der Waals surface area (Å²) in [5.74, 6) is 3.92. The van der Waals surface area contributed by atoms with E-state index in [1.165, 1.54) is 38.5 Å². The Bertz CT molecular complexity index is 515. The van der Waals surface area contributed by atoms with E-state index in [2.05, 4.69) is 24.3 Å². The number of rotatable bonds is 7. The van der Waals surface area contributed by atoms with Crippen molar-refractivity contribution in [1.29, 1.82) is 0 Å². The second kappa shape index (κ2) is 6.68. The summed E-state index contributed by atoms with van der Waals surface area (Å²) in [6, 6.07) is 8.93. The fraction of sp³-hybridized carbons (Fsp3) is 0.714. The van der Waals surface area contributed by atoms with Gasteiger partial charge in [0, 0.05) is 7.11 Å². The molecule has 4 saturated carbocycles. The first kappa shape index (κ1) is 16.4. The van der Waals surface area contributed by atoms with Crippen LogP contribution in [0.2, 0.25) is 0 Å². The molecule has 0 heterocycles. The van der Waals surface area contributed by atoms with E-state index >= 15 is 0 Å².